The fraction of sp³-hybridized carbons (Fsp3) is 0.450. The lowest BCUT2D eigenvalue weighted by atomic mass is 9.96. The number of hydrogen-bond donors (Lipinski definition) is 1. The van der Waals surface area contributed by atoms with Crippen LogP contribution in [0.25, 0.3) is 0 Å². The molecule has 1 saturated carbocycles. The van der Waals surface area contributed by atoms with Gasteiger partial charge in [0.25, 0.3) is 0 Å². The second kappa shape index (κ2) is 7.13. The highest BCUT2D eigenvalue weighted by atomic mass is 35.5. The van der Waals surface area contributed by atoms with Gasteiger partial charge in [-0.15, -0.1) is 0 Å². The lowest BCUT2D eigenvalue weighted by Gasteiger charge is -2.32. The standard InChI is InChI=1S/C20H21ClN4O3/c21-17-10-18(24-19(23-17)12-1-2-12)25-7-5-13(6-8-25)20(26)22-14-3-4-15-16(9-14)28-11-27-15/h3-4,9-10,12-13H,1-2,5-8,11H2,(H,22,26). The maximum absolute atomic E-state index is 12.7. The van der Waals surface area contributed by atoms with Gasteiger partial charge < -0.3 is 19.7 Å². The molecule has 1 amide bonds. The third-order valence-corrected chi connectivity index (χ3v) is 5.66. The number of aromatic nitrogens is 2. The normalized spacial score (nSPS) is 19.0. The van der Waals surface area contributed by atoms with E-state index >= 15 is 0 Å². The first-order valence-corrected chi connectivity index (χ1v) is 10.0. The highest BCUT2D eigenvalue weighted by Crippen LogP contribution is 2.39. The zero-order valence-electron chi connectivity index (χ0n) is 15.4. The topological polar surface area (TPSA) is 76.6 Å². The van der Waals surface area contributed by atoms with Gasteiger partial charge in [-0.3, -0.25) is 4.79 Å². The first kappa shape index (κ1) is 17.6. The zero-order chi connectivity index (χ0) is 19.1. The van der Waals surface area contributed by atoms with Gasteiger partial charge in [-0.2, -0.15) is 0 Å². The molecule has 1 aromatic heterocycles. The number of hydrogen-bond acceptors (Lipinski definition) is 6. The van der Waals surface area contributed by atoms with Gasteiger partial charge in [-0.05, 0) is 37.8 Å². The summed E-state index contributed by atoms with van der Waals surface area (Å²) < 4.78 is 10.7. The van der Waals surface area contributed by atoms with Crippen molar-refractivity contribution in [3.05, 3.63) is 35.2 Å². The number of benzene rings is 1. The van der Waals surface area contributed by atoms with Crippen molar-refractivity contribution in [1.82, 2.24) is 9.97 Å². The Bertz CT molecular complexity index is 910. The number of ether oxygens (including phenoxy) is 2. The number of carbonyl (C=O) groups excluding carboxylic acids is 1. The zero-order valence-corrected chi connectivity index (χ0v) is 16.1. The summed E-state index contributed by atoms with van der Waals surface area (Å²) >= 11 is 6.19. The summed E-state index contributed by atoms with van der Waals surface area (Å²) in [5.74, 6) is 3.57. The second-order valence-electron chi connectivity index (χ2n) is 7.50. The van der Waals surface area contributed by atoms with Crippen molar-refractivity contribution in [1.29, 1.82) is 0 Å². The summed E-state index contributed by atoms with van der Waals surface area (Å²) in [6.45, 7) is 1.77. The van der Waals surface area contributed by atoms with Crippen molar-refractivity contribution in [2.75, 3.05) is 30.1 Å². The molecule has 28 heavy (non-hydrogen) atoms. The van der Waals surface area contributed by atoms with Gasteiger partial charge in [0.05, 0.1) is 0 Å². The Kier molecular flexibility index (Phi) is 4.47. The average Bonchev–Trinajstić information content (AvgIpc) is 3.46. The number of nitrogens with zero attached hydrogens (tertiary/aromatic N) is 3. The lowest BCUT2D eigenvalue weighted by Crippen LogP contribution is -2.38. The van der Waals surface area contributed by atoms with Crippen LogP contribution < -0.4 is 19.7 Å². The van der Waals surface area contributed by atoms with Crippen LogP contribution in [0.2, 0.25) is 5.15 Å². The van der Waals surface area contributed by atoms with E-state index in [0.717, 1.165) is 56.1 Å². The van der Waals surface area contributed by atoms with Gasteiger partial charge in [0, 0.05) is 42.7 Å². The molecule has 1 N–H and O–H groups in total. The second-order valence-corrected chi connectivity index (χ2v) is 7.89. The van der Waals surface area contributed by atoms with Crippen molar-refractivity contribution in [2.45, 2.75) is 31.6 Å². The monoisotopic (exact) mass is 400 g/mol. The molecule has 2 aliphatic heterocycles. The minimum atomic E-state index is -0.0260. The van der Waals surface area contributed by atoms with E-state index in [0.29, 0.717) is 22.6 Å². The quantitative estimate of drug-likeness (QED) is 0.790. The number of fused-ring (bicyclic) bond motifs is 1. The molecule has 0 bridgehead atoms. The fourth-order valence-electron chi connectivity index (χ4n) is 3.70. The van der Waals surface area contributed by atoms with Crippen LogP contribution in [0.15, 0.2) is 24.3 Å². The van der Waals surface area contributed by atoms with Crippen LogP contribution in [-0.4, -0.2) is 35.8 Å². The molecule has 7 nitrogen and oxygen atoms in total. The van der Waals surface area contributed by atoms with Crippen LogP contribution in [0.1, 0.15) is 37.4 Å². The van der Waals surface area contributed by atoms with Crippen LogP contribution >= 0.6 is 11.6 Å². The van der Waals surface area contributed by atoms with E-state index in [1.807, 2.05) is 18.2 Å². The van der Waals surface area contributed by atoms with Gasteiger partial charge in [0.2, 0.25) is 12.7 Å². The Hall–Kier alpha value is -2.54. The minimum absolute atomic E-state index is 0.0260. The molecular weight excluding hydrogens is 380 g/mol. The molecule has 2 fully saturated rings. The highest BCUT2D eigenvalue weighted by Gasteiger charge is 2.30. The number of amides is 1. The van der Waals surface area contributed by atoms with Gasteiger partial charge in [0.15, 0.2) is 11.5 Å². The summed E-state index contributed by atoms with van der Waals surface area (Å²) in [6.07, 6.45) is 3.83. The average molecular weight is 401 g/mol. The summed E-state index contributed by atoms with van der Waals surface area (Å²) in [4.78, 5) is 23.9. The van der Waals surface area contributed by atoms with Crippen LogP contribution in [0.5, 0.6) is 11.5 Å². The van der Waals surface area contributed by atoms with Gasteiger partial charge in [-0.1, -0.05) is 11.6 Å². The molecule has 146 valence electrons. The molecule has 0 spiro atoms. The van der Waals surface area contributed by atoms with E-state index in [-0.39, 0.29) is 18.6 Å². The van der Waals surface area contributed by atoms with Crippen LogP contribution in [0.3, 0.4) is 0 Å². The van der Waals surface area contributed by atoms with Gasteiger partial charge in [-0.25, -0.2) is 9.97 Å². The molecule has 1 aliphatic carbocycles. The Morgan fingerprint density at radius 1 is 1.07 bits per heavy atom. The first-order valence-electron chi connectivity index (χ1n) is 9.65. The number of nitrogens with one attached hydrogen (secondary N) is 1. The van der Waals surface area contributed by atoms with E-state index in [1.54, 1.807) is 6.07 Å². The van der Waals surface area contributed by atoms with Gasteiger partial charge in [0.1, 0.15) is 16.8 Å². The van der Waals surface area contributed by atoms with Crippen molar-refractivity contribution in [3.63, 3.8) is 0 Å². The molecular formula is C20H21ClN4O3. The summed E-state index contributed by atoms with van der Waals surface area (Å²) in [5, 5.41) is 3.49. The van der Waals surface area contributed by atoms with Crippen LogP contribution in [0, 0.1) is 5.92 Å². The lowest BCUT2D eigenvalue weighted by molar-refractivity contribution is -0.120. The van der Waals surface area contributed by atoms with Crippen LogP contribution in [-0.2, 0) is 4.79 Å². The fourth-order valence-corrected chi connectivity index (χ4v) is 3.88. The molecule has 3 aliphatic rings. The number of rotatable bonds is 4. The van der Waals surface area contributed by atoms with Crippen molar-refractivity contribution < 1.29 is 14.3 Å². The van der Waals surface area contributed by atoms with Crippen LogP contribution in [0.4, 0.5) is 11.5 Å². The third kappa shape index (κ3) is 3.58. The number of anilines is 2. The Morgan fingerprint density at radius 3 is 2.64 bits per heavy atom. The van der Waals surface area contributed by atoms with Crippen molar-refractivity contribution in [3.8, 4) is 11.5 Å². The molecule has 8 heteroatoms. The Balaban J connectivity index is 1.20. The molecule has 0 radical (unpaired) electrons. The van der Waals surface area contributed by atoms with E-state index in [9.17, 15) is 4.79 Å². The number of carbonyl (C=O) groups is 1. The van der Waals surface area contributed by atoms with Gasteiger partial charge >= 0.3 is 0 Å². The molecule has 0 unspecified atom stereocenters. The van der Waals surface area contributed by atoms with E-state index in [1.165, 1.54) is 0 Å². The van der Waals surface area contributed by atoms with E-state index in [4.69, 9.17) is 26.1 Å². The summed E-state index contributed by atoms with van der Waals surface area (Å²) in [7, 11) is 0. The number of halogens is 1. The molecule has 3 heterocycles. The SMILES string of the molecule is O=C(Nc1ccc2c(c1)OCO2)C1CCN(c2cc(Cl)nc(C3CC3)n2)CC1. The van der Waals surface area contributed by atoms with Crippen molar-refractivity contribution in [2.24, 2.45) is 5.92 Å². The predicted octanol–water partition coefficient (Wildman–Crippen LogP) is 3.59. The van der Waals surface area contributed by atoms with E-state index in [2.05, 4.69) is 15.2 Å². The molecule has 1 saturated heterocycles. The highest BCUT2D eigenvalue weighted by molar-refractivity contribution is 6.29. The predicted molar refractivity (Wildman–Crippen MR) is 105 cm³/mol. The van der Waals surface area contributed by atoms with Crippen molar-refractivity contribution >= 4 is 29.0 Å². The maximum Gasteiger partial charge on any atom is 0.231 e. The number of piperidine rings is 1. The molecule has 0 atom stereocenters. The Morgan fingerprint density at radius 2 is 1.86 bits per heavy atom. The smallest absolute Gasteiger partial charge is 0.231 e. The molecule has 2 aromatic rings. The molecule has 5 rings (SSSR count). The summed E-state index contributed by atoms with van der Waals surface area (Å²) in [5.41, 5.74) is 0.730. The third-order valence-electron chi connectivity index (χ3n) is 5.47. The molecule has 1 aromatic carbocycles. The first-order chi connectivity index (χ1) is 13.7. The summed E-state index contributed by atoms with van der Waals surface area (Å²) in [6, 6.07) is 7.28. The maximum atomic E-state index is 12.7. The largest absolute Gasteiger partial charge is 0.454 e. The van der Waals surface area contributed by atoms with E-state index < -0.39 is 0 Å². The Labute approximate surface area is 168 Å². The minimum Gasteiger partial charge on any atom is -0.454 e.